The van der Waals surface area contributed by atoms with Crippen molar-refractivity contribution < 1.29 is 9.84 Å². The van der Waals surface area contributed by atoms with Crippen LogP contribution in [0.15, 0.2) is 0 Å². The molecule has 2 N–H and O–H groups in total. The number of ether oxygens (including phenoxy) is 1. The molecule has 1 rings (SSSR count). The molecule has 0 aromatic rings. The minimum atomic E-state index is -0.350. The molecule has 0 bridgehead atoms. The number of rotatable bonds is 8. The molecule has 2 unspecified atom stereocenters. The lowest BCUT2D eigenvalue weighted by Crippen LogP contribution is -2.44. The van der Waals surface area contributed by atoms with Crippen LogP contribution in [0.25, 0.3) is 0 Å². The topological polar surface area (TPSA) is 44.7 Å². The number of aliphatic hydroxyl groups is 1. The monoisotopic (exact) mass is 258 g/mol. The van der Waals surface area contributed by atoms with E-state index in [1.54, 1.807) is 7.11 Å². The zero-order valence-corrected chi connectivity index (χ0v) is 12.2. The molecule has 0 aromatic carbocycles. The van der Waals surface area contributed by atoms with Crippen molar-refractivity contribution in [3.05, 3.63) is 0 Å². The van der Waals surface area contributed by atoms with Gasteiger partial charge in [-0.05, 0) is 44.3 Å². The lowest BCUT2D eigenvalue weighted by Gasteiger charge is -2.34. The Kier molecular flexibility index (Phi) is 7.82. The van der Waals surface area contributed by atoms with Crippen LogP contribution in [0.2, 0.25) is 0 Å². The Morgan fingerprint density at radius 2 is 2.22 bits per heavy atom. The van der Waals surface area contributed by atoms with E-state index < -0.39 is 0 Å². The SMILES string of the molecule is COCC(O)CN1CCCC(CNCC(C)C)C1. The van der Waals surface area contributed by atoms with Crippen molar-refractivity contribution >= 4 is 0 Å². The number of likely N-dealkylation sites (tertiary alicyclic amines) is 1. The van der Waals surface area contributed by atoms with Gasteiger partial charge in [0.15, 0.2) is 0 Å². The van der Waals surface area contributed by atoms with Crippen LogP contribution in [-0.2, 0) is 4.74 Å². The van der Waals surface area contributed by atoms with Crippen LogP contribution in [0, 0.1) is 11.8 Å². The van der Waals surface area contributed by atoms with Crippen LogP contribution in [0.3, 0.4) is 0 Å². The summed E-state index contributed by atoms with van der Waals surface area (Å²) in [7, 11) is 1.64. The Balaban J connectivity index is 2.19. The standard InChI is InChI=1S/C14H30N2O2/c1-12(2)7-15-8-13-5-4-6-16(9-13)10-14(17)11-18-3/h12-15,17H,4-11H2,1-3H3. The van der Waals surface area contributed by atoms with Gasteiger partial charge in [-0.15, -0.1) is 0 Å². The summed E-state index contributed by atoms with van der Waals surface area (Å²) in [5.74, 6) is 1.44. The largest absolute Gasteiger partial charge is 0.389 e. The van der Waals surface area contributed by atoms with Crippen molar-refractivity contribution in [1.29, 1.82) is 0 Å². The van der Waals surface area contributed by atoms with Crippen molar-refractivity contribution in [2.45, 2.75) is 32.8 Å². The van der Waals surface area contributed by atoms with Gasteiger partial charge in [-0.2, -0.15) is 0 Å². The van der Waals surface area contributed by atoms with Gasteiger partial charge < -0.3 is 20.1 Å². The molecule has 0 amide bonds. The molecule has 1 heterocycles. The van der Waals surface area contributed by atoms with Gasteiger partial charge >= 0.3 is 0 Å². The number of methoxy groups -OCH3 is 1. The summed E-state index contributed by atoms with van der Waals surface area (Å²) >= 11 is 0. The van der Waals surface area contributed by atoms with Crippen molar-refractivity contribution in [3.63, 3.8) is 0 Å². The van der Waals surface area contributed by atoms with Gasteiger partial charge in [-0.3, -0.25) is 0 Å². The third kappa shape index (κ3) is 6.69. The van der Waals surface area contributed by atoms with E-state index >= 15 is 0 Å². The summed E-state index contributed by atoms with van der Waals surface area (Å²) in [6, 6.07) is 0. The summed E-state index contributed by atoms with van der Waals surface area (Å²) in [6.45, 7) is 10.1. The van der Waals surface area contributed by atoms with E-state index in [-0.39, 0.29) is 6.10 Å². The molecular weight excluding hydrogens is 228 g/mol. The molecule has 0 saturated carbocycles. The Bertz CT molecular complexity index is 212. The average molecular weight is 258 g/mol. The second-order valence-electron chi connectivity index (χ2n) is 5.93. The van der Waals surface area contributed by atoms with Crippen LogP contribution in [0.1, 0.15) is 26.7 Å². The van der Waals surface area contributed by atoms with E-state index in [1.807, 2.05) is 0 Å². The van der Waals surface area contributed by atoms with Gasteiger partial charge in [0, 0.05) is 20.2 Å². The maximum atomic E-state index is 9.75. The van der Waals surface area contributed by atoms with Crippen molar-refractivity contribution in [1.82, 2.24) is 10.2 Å². The molecule has 0 radical (unpaired) electrons. The molecule has 1 aliphatic heterocycles. The Morgan fingerprint density at radius 1 is 1.44 bits per heavy atom. The fourth-order valence-corrected chi connectivity index (χ4v) is 2.60. The molecule has 1 aliphatic rings. The van der Waals surface area contributed by atoms with Crippen molar-refractivity contribution in [2.75, 3.05) is 46.4 Å². The van der Waals surface area contributed by atoms with Gasteiger partial charge in [0.1, 0.15) is 0 Å². The van der Waals surface area contributed by atoms with Crippen LogP contribution >= 0.6 is 0 Å². The summed E-state index contributed by atoms with van der Waals surface area (Å²) in [6.07, 6.45) is 2.20. The fraction of sp³-hybridized carbons (Fsp3) is 1.00. The average Bonchev–Trinajstić information content (AvgIpc) is 2.29. The van der Waals surface area contributed by atoms with E-state index in [0.29, 0.717) is 12.5 Å². The lowest BCUT2D eigenvalue weighted by molar-refractivity contribution is 0.0271. The highest BCUT2D eigenvalue weighted by Gasteiger charge is 2.21. The maximum absolute atomic E-state index is 9.75. The maximum Gasteiger partial charge on any atom is 0.0900 e. The van der Waals surface area contributed by atoms with Crippen LogP contribution < -0.4 is 5.32 Å². The molecular formula is C14H30N2O2. The number of β-amino-alcohol motifs (C(OH)–C–C–N with tert-alkyl or cyclic N) is 1. The molecule has 18 heavy (non-hydrogen) atoms. The van der Waals surface area contributed by atoms with E-state index in [9.17, 15) is 5.11 Å². The zero-order valence-electron chi connectivity index (χ0n) is 12.2. The zero-order chi connectivity index (χ0) is 13.4. The first-order valence-corrected chi connectivity index (χ1v) is 7.22. The summed E-state index contributed by atoms with van der Waals surface area (Å²) in [4.78, 5) is 2.37. The second kappa shape index (κ2) is 8.86. The Labute approximate surface area is 112 Å². The predicted octanol–water partition coefficient (Wildman–Crippen LogP) is 0.951. The highest BCUT2D eigenvalue weighted by atomic mass is 16.5. The number of nitrogens with one attached hydrogen (secondary N) is 1. The quantitative estimate of drug-likeness (QED) is 0.680. The van der Waals surface area contributed by atoms with Gasteiger partial charge in [-0.25, -0.2) is 0 Å². The summed E-state index contributed by atoms with van der Waals surface area (Å²) < 4.78 is 4.97. The van der Waals surface area contributed by atoms with Crippen LogP contribution in [0.5, 0.6) is 0 Å². The molecule has 0 aliphatic carbocycles. The smallest absolute Gasteiger partial charge is 0.0900 e. The van der Waals surface area contributed by atoms with E-state index in [2.05, 4.69) is 24.1 Å². The number of hydrogen-bond donors (Lipinski definition) is 2. The second-order valence-corrected chi connectivity index (χ2v) is 5.93. The van der Waals surface area contributed by atoms with Crippen molar-refractivity contribution in [3.8, 4) is 0 Å². The van der Waals surface area contributed by atoms with Crippen molar-refractivity contribution in [2.24, 2.45) is 11.8 Å². The van der Waals surface area contributed by atoms with Crippen LogP contribution in [0.4, 0.5) is 0 Å². The van der Waals surface area contributed by atoms with Gasteiger partial charge in [0.05, 0.1) is 12.7 Å². The minimum Gasteiger partial charge on any atom is -0.389 e. The number of aliphatic hydroxyl groups excluding tert-OH is 1. The third-order valence-corrected chi connectivity index (χ3v) is 3.42. The van der Waals surface area contributed by atoms with Gasteiger partial charge in [-0.1, -0.05) is 13.8 Å². The normalized spacial score (nSPS) is 23.5. The summed E-state index contributed by atoms with van der Waals surface area (Å²) in [5.41, 5.74) is 0. The molecule has 108 valence electrons. The van der Waals surface area contributed by atoms with E-state index in [1.165, 1.54) is 12.8 Å². The molecule has 1 fully saturated rings. The minimum absolute atomic E-state index is 0.350. The summed E-state index contributed by atoms with van der Waals surface area (Å²) in [5, 5.41) is 13.3. The van der Waals surface area contributed by atoms with Crippen LogP contribution in [-0.4, -0.2) is 62.6 Å². The molecule has 2 atom stereocenters. The lowest BCUT2D eigenvalue weighted by atomic mass is 9.97. The van der Waals surface area contributed by atoms with Gasteiger partial charge in [0.25, 0.3) is 0 Å². The first kappa shape index (κ1) is 15.9. The third-order valence-electron chi connectivity index (χ3n) is 3.42. The number of nitrogens with zero attached hydrogens (tertiary/aromatic N) is 1. The van der Waals surface area contributed by atoms with E-state index in [0.717, 1.165) is 38.6 Å². The molecule has 4 heteroatoms. The van der Waals surface area contributed by atoms with Gasteiger partial charge in [0.2, 0.25) is 0 Å². The molecule has 1 saturated heterocycles. The molecule has 0 spiro atoms. The Morgan fingerprint density at radius 3 is 2.89 bits per heavy atom. The molecule has 0 aromatic heterocycles. The highest BCUT2D eigenvalue weighted by molar-refractivity contribution is 4.76. The highest BCUT2D eigenvalue weighted by Crippen LogP contribution is 2.16. The molecule has 4 nitrogen and oxygen atoms in total. The predicted molar refractivity (Wildman–Crippen MR) is 74.8 cm³/mol. The fourth-order valence-electron chi connectivity index (χ4n) is 2.60. The Hall–Kier alpha value is -0.160. The number of hydrogen-bond acceptors (Lipinski definition) is 4. The number of piperidine rings is 1. The van der Waals surface area contributed by atoms with E-state index in [4.69, 9.17) is 4.74 Å². The first-order valence-electron chi connectivity index (χ1n) is 7.22. The first-order chi connectivity index (χ1) is 8.61.